The first-order valence-electron chi connectivity index (χ1n) is 10.4. The van der Waals surface area contributed by atoms with Gasteiger partial charge in [0.05, 0.1) is 29.1 Å². The first-order chi connectivity index (χ1) is 16.2. The number of rotatable bonds is 5. The number of amides is 2. The van der Waals surface area contributed by atoms with Crippen molar-refractivity contribution < 1.29 is 23.1 Å². The van der Waals surface area contributed by atoms with E-state index in [0.717, 1.165) is 0 Å². The standard InChI is InChI=1S/C23H22ClF2N5O3/c1-30-20(14-5-6-16(34-2)18(26)17(14)25)19(29-22(30)21(27)32)12-3-4-13(15(24)11-12)23(33)31-9-7-28-8-10-31/h3-6,11,28H,7-10H2,1-2H3,(H2,27,32). The lowest BCUT2D eigenvalue weighted by Gasteiger charge is -2.27. The molecule has 0 bridgehead atoms. The summed E-state index contributed by atoms with van der Waals surface area (Å²) in [5.74, 6) is -3.82. The van der Waals surface area contributed by atoms with Crippen molar-refractivity contribution >= 4 is 23.4 Å². The van der Waals surface area contributed by atoms with Crippen LogP contribution in [-0.2, 0) is 7.05 Å². The lowest BCUT2D eigenvalue weighted by molar-refractivity contribution is 0.0736. The Balaban J connectivity index is 1.83. The topological polar surface area (TPSA) is 102 Å². The highest BCUT2D eigenvalue weighted by Gasteiger charge is 2.27. The zero-order valence-corrected chi connectivity index (χ0v) is 19.2. The molecule has 0 radical (unpaired) electrons. The van der Waals surface area contributed by atoms with Crippen molar-refractivity contribution in [1.82, 2.24) is 19.8 Å². The van der Waals surface area contributed by atoms with Crippen LogP contribution in [-0.4, -0.2) is 59.6 Å². The minimum Gasteiger partial charge on any atom is -0.494 e. The van der Waals surface area contributed by atoms with E-state index in [1.165, 1.54) is 36.9 Å². The molecule has 1 aliphatic rings. The molecule has 2 amide bonds. The number of aromatic nitrogens is 2. The quantitative estimate of drug-likeness (QED) is 0.574. The first kappa shape index (κ1) is 23.7. The van der Waals surface area contributed by atoms with Crippen molar-refractivity contribution in [2.45, 2.75) is 0 Å². The van der Waals surface area contributed by atoms with Gasteiger partial charge in [-0.1, -0.05) is 17.7 Å². The molecule has 1 aliphatic heterocycles. The van der Waals surface area contributed by atoms with Crippen LogP contribution in [0, 0.1) is 11.6 Å². The number of nitrogens with two attached hydrogens (primary N) is 1. The minimum absolute atomic E-state index is 0.116. The van der Waals surface area contributed by atoms with Gasteiger partial charge in [0.15, 0.2) is 17.4 Å². The van der Waals surface area contributed by atoms with Crippen LogP contribution >= 0.6 is 11.6 Å². The number of imidazole rings is 1. The molecule has 0 spiro atoms. The third-order valence-electron chi connectivity index (χ3n) is 5.71. The SMILES string of the molecule is COc1ccc(-c2c(-c3ccc(C(=O)N4CCNCC4)c(Cl)c3)nc(C(N)=O)n2C)c(F)c1F. The lowest BCUT2D eigenvalue weighted by atomic mass is 10.0. The Kier molecular flexibility index (Phi) is 6.54. The maximum Gasteiger partial charge on any atom is 0.284 e. The number of ether oxygens (including phenoxy) is 1. The van der Waals surface area contributed by atoms with E-state index in [-0.39, 0.29) is 39.5 Å². The maximum atomic E-state index is 15.0. The van der Waals surface area contributed by atoms with Crippen molar-refractivity contribution in [2.24, 2.45) is 12.8 Å². The molecular formula is C23H22ClF2N5O3. The van der Waals surface area contributed by atoms with E-state index in [0.29, 0.717) is 37.3 Å². The number of hydrogen-bond donors (Lipinski definition) is 2. The highest BCUT2D eigenvalue weighted by Crippen LogP contribution is 2.37. The molecule has 8 nitrogen and oxygen atoms in total. The van der Waals surface area contributed by atoms with Crippen molar-refractivity contribution in [3.63, 3.8) is 0 Å². The molecule has 1 saturated heterocycles. The first-order valence-corrected chi connectivity index (χ1v) is 10.8. The number of carbonyl (C=O) groups excluding carboxylic acids is 2. The average Bonchev–Trinajstić information content (AvgIpc) is 3.18. The fourth-order valence-electron chi connectivity index (χ4n) is 3.97. The Hall–Kier alpha value is -3.50. The summed E-state index contributed by atoms with van der Waals surface area (Å²) in [6.07, 6.45) is 0. The van der Waals surface area contributed by atoms with Crippen LogP contribution in [0.4, 0.5) is 8.78 Å². The van der Waals surface area contributed by atoms with Crippen LogP contribution < -0.4 is 15.8 Å². The van der Waals surface area contributed by atoms with E-state index in [9.17, 15) is 18.4 Å². The van der Waals surface area contributed by atoms with Gasteiger partial charge in [0.25, 0.3) is 11.8 Å². The maximum absolute atomic E-state index is 15.0. The van der Waals surface area contributed by atoms with Crippen LogP contribution in [0.15, 0.2) is 30.3 Å². The van der Waals surface area contributed by atoms with E-state index in [1.54, 1.807) is 17.0 Å². The molecule has 1 aromatic heterocycles. The van der Waals surface area contributed by atoms with Crippen LogP contribution in [0.5, 0.6) is 5.75 Å². The fraction of sp³-hybridized carbons (Fsp3) is 0.261. The zero-order valence-electron chi connectivity index (χ0n) is 18.5. The van der Waals surface area contributed by atoms with Gasteiger partial charge in [-0.3, -0.25) is 9.59 Å². The Labute approximate surface area is 199 Å². The van der Waals surface area contributed by atoms with Crippen molar-refractivity contribution in [3.8, 4) is 28.3 Å². The van der Waals surface area contributed by atoms with E-state index in [4.69, 9.17) is 22.1 Å². The van der Waals surface area contributed by atoms with Crippen LogP contribution in [0.1, 0.15) is 21.0 Å². The Morgan fingerprint density at radius 1 is 1.15 bits per heavy atom. The number of nitrogens with zero attached hydrogens (tertiary/aromatic N) is 3. The Morgan fingerprint density at radius 2 is 1.85 bits per heavy atom. The predicted molar refractivity (Wildman–Crippen MR) is 123 cm³/mol. The summed E-state index contributed by atoms with van der Waals surface area (Å²) in [7, 11) is 2.70. The zero-order chi connectivity index (χ0) is 24.6. The number of piperazine rings is 1. The van der Waals surface area contributed by atoms with Gasteiger partial charge in [0, 0.05) is 44.4 Å². The number of nitrogens with one attached hydrogen (secondary N) is 1. The largest absolute Gasteiger partial charge is 0.494 e. The van der Waals surface area contributed by atoms with Gasteiger partial charge in [0.2, 0.25) is 5.82 Å². The molecule has 2 heterocycles. The monoisotopic (exact) mass is 489 g/mol. The number of benzene rings is 2. The smallest absolute Gasteiger partial charge is 0.284 e. The normalized spacial score (nSPS) is 13.7. The molecule has 2 aromatic carbocycles. The van der Waals surface area contributed by atoms with E-state index < -0.39 is 17.5 Å². The summed E-state index contributed by atoms with van der Waals surface area (Å²) in [5.41, 5.74) is 6.28. The number of hydrogen-bond acceptors (Lipinski definition) is 5. The summed E-state index contributed by atoms with van der Waals surface area (Å²) in [5, 5.41) is 3.35. The molecule has 0 saturated carbocycles. The Morgan fingerprint density at radius 3 is 2.47 bits per heavy atom. The summed E-state index contributed by atoms with van der Waals surface area (Å²) in [6, 6.07) is 7.25. The fourth-order valence-corrected chi connectivity index (χ4v) is 4.24. The second-order valence-electron chi connectivity index (χ2n) is 7.74. The Bertz CT molecular complexity index is 1290. The molecular weight excluding hydrogens is 468 g/mol. The predicted octanol–water partition coefficient (Wildman–Crippen LogP) is 2.84. The molecule has 11 heteroatoms. The van der Waals surface area contributed by atoms with E-state index in [2.05, 4.69) is 10.3 Å². The summed E-state index contributed by atoms with van der Waals surface area (Å²) >= 11 is 6.46. The molecule has 4 rings (SSSR count). The van der Waals surface area contributed by atoms with Crippen molar-refractivity contribution in [3.05, 3.63) is 58.4 Å². The highest BCUT2D eigenvalue weighted by atomic mass is 35.5. The second-order valence-corrected chi connectivity index (χ2v) is 8.14. The van der Waals surface area contributed by atoms with E-state index in [1.807, 2.05) is 0 Å². The van der Waals surface area contributed by atoms with E-state index >= 15 is 0 Å². The third kappa shape index (κ3) is 4.10. The van der Waals surface area contributed by atoms with Gasteiger partial charge in [-0.05, 0) is 24.3 Å². The molecule has 1 fully saturated rings. The van der Waals surface area contributed by atoms with Gasteiger partial charge in [0.1, 0.15) is 0 Å². The number of carbonyl (C=O) groups is 2. The summed E-state index contributed by atoms with van der Waals surface area (Å²) in [6.45, 7) is 2.51. The number of primary amides is 1. The van der Waals surface area contributed by atoms with Crippen molar-refractivity contribution in [2.75, 3.05) is 33.3 Å². The minimum atomic E-state index is -1.18. The molecule has 178 valence electrons. The summed E-state index contributed by atoms with van der Waals surface area (Å²) in [4.78, 5) is 30.8. The van der Waals surface area contributed by atoms with Crippen molar-refractivity contribution in [1.29, 1.82) is 0 Å². The molecule has 3 N–H and O–H groups in total. The van der Waals surface area contributed by atoms with Crippen LogP contribution in [0.2, 0.25) is 5.02 Å². The lowest BCUT2D eigenvalue weighted by Crippen LogP contribution is -2.46. The van der Waals surface area contributed by atoms with Gasteiger partial charge in [-0.25, -0.2) is 9.37 Å². The van der Waals surface area contributed by atoms with Gasteiger partial charge < -0.3 is 25.3 Å². The summed E-state index contributed by atoms with van der Waals surface area (Å²) < 4.78 is 35.6. The van der Waals surface area contributed by atoms with Gasteiger partial charge in [-0.2, -0.15) is 4.39 Å². The molecule has 0 aliphatic carbocycles. The second kappa shape index (κ2) is 9.40. The third-order valence-corrected chi connectivity index (χ3v) is 6.03. The molecule has 34 heavy (non-hydrogen) atoms. The van der Waals surface area contributed by atoms with Gasteiger partial charge >= 0.3 is 0 Å². The molecule has 0 atom stereocenters. The molecule has 0 unspecified atom stereocenters. The van der Waals surface area contributed by atoms with Crippen LogP contribution in [0.25, 0.3) is 22.5 Å². The highest BCUT2D eigenvalue weighted by molar-refractivity contribution is 6.34. The van der Waals surface area contributed by atoms with Gasteiger partial charge in [-0.15, -0.1) is 0 Å². The van der Waals surface area contributed by atoms with Crippen LogP contribution in [0.3, 0.4) is 0 Å². The number of methoxy groups -OCH3 is 1. The number of halogens is 3. The molecule has 3 aromatic rings. The average molecular weight is 490 g/mol.